The minimum Gasteiger partial charge on any atom is -0.381 e. The van der Waals surface area contributed by atoms with E-state index in [9.17, 15) is 9.59 Å². The Morgan fingerprint density at radius 3 is 2.45 bits per heavy atom. The molecule has 3 N–H and O–H groups in total. The lowest BCUT2D eigenvalue weighted by atomic mass is 9.94. The molecule has 2 aliphatic rings. The lowest BCUT2D eigenvalue weighted by molar-refractivity contribution is -0.127. The number of benzene rings is 1. The number of carbonyl (C=O) groups excluding carboxylic acids is 2. The van der Waals surface area contributed by atoms with E-state index in [2.05, 4.69) is 42.6 Å². The molecule has 0 aliphatic carbocycles. The molecule has 2 amide bonds. The van der Waals surface area contributed by atoms with Crippen LogP contribution in [-0.2, 0) is 14.3 Å². The van der Waals surface area contributed by atoms with Crippen molar-refractivity contribution in [2.75, 3.05) is 19.8 Å². The van der Waals surface area contributed by atoms with Gasteiger partial charge in [0, 0.05) is 58.9 Å². The monoisotopic (exact) mass is 593 g/mol. The van der Waals surface area contributed by atoms with Crippen LogP contribution in [0.25, 0.3) is 16.7 Å². The summed E-state index contributed by atoms with van der Waals surface area (Å²) in [5.74, 6) is 0.453. The van der Waals surface area contributed by atoms with Crippen molar-refractivity contribution in [2.24, 2.45) is 16.6 Å². The Morgan fingerprint density at radius 1 is 1.24 bits per heavy atom. The summed E-state index contributed by atoms with van der Waals surface area (Å²) in [4.78, 5) is 35.5. The molecule has 0 radical (unpaired) electrons. The van der Waals surface area contributed by atoms with Crippen LogP contribution in [0.5, 0.6) is 0 Å². The highest BCUT2D eigenvalue weighted by Gasteiger charge is 2.33. The number of hydrogen-bond donors (Lipinski definition) is 2. The van der Waals surface area contributed by atoms with Crippen LogP contribution >= 0.6 is 11.6 Å². The van der Waals surface area contributed by atoms with Gasteiger partial charge in [-0.15, -0.1) is 0 Å². The van der Waals surface area contributed by atoms with Gasteiger partial charge in [0.25, 0.3) is 5.91 Å². The number of hydrogen-bond acceptors (Lipinski definition) is 6. The first-order valence-corrected chi connectivity index (χ1v) is 14.8. The molecule has 2 aromatic rings. The van der Waals surface area contributed by atoms with E-state index in [0.717, 1.165) is 29.9 Å². The Bertz CT molecular complexity index is 1310. The molecule has 226 valence electrons. The van der Waals surface area contributed by atoms with E-state index in [-0.39, 0.29) is 12.6 Å². The van der Waals surface area contributed by atoms with Gasteiger partial charge < -0.3 is 15.8 Å². The Kier molecular flexibility index (Phi) is 14.2. The number of amides is 2. The maximum absolute atomic E-state index is 13.6. The van der Waals surface area contributed by atoms with E-state index in [1.807, 2.05) is 45.0 Å². The maximum Gasteiger partial charge on any atom is 0.260 e. The maximum atomic E-state index is 13.6. The van der Waals surface area contributed by atoms with Crippen LogP contribution in [-0.4, -0.2) is 53.3 Å². The highest BCUT2D eigenvalue weighted by molar-refractivity contribution is 6.38. The zero-order valence-corrected chi connectivity index (χ0v) is 26.4. The molecule has 3 heterocycles. The lowest BCUT2D eigenvalue weighted by Gasteiger charge is -2.30. The molecule has 0 spiro atoms. The number of rotatable bonds is 7. The molecule has 0 unspecified atom stereocenters. The average Bonchev–Trinajstić information content (AvgIpc) is 2.97. The van der Waals surface area contributed by atoms with Crippen molar-refractivity contribution in [3.8, 4) is 11.1 Å². The zero-order chi connectivity index (χ0) is 31.2. The van der Waals surface area contributed by atoms with Crippen LogP contribution in [0.1, 0.15) is 59.9 Å². The molecule has 4 rings (SSSR count). The summed E-state index contributed by atoms with van der Waals surface area (Å²) < 4.78 is 5.40. The normalized spacial score (nSPS) is 17.2. The predicted octanol–water partition coefficient (Wildman–Crippen LogP) is 6.39. The average molecular weight is 594 g/mol. The Morgan fingerprint density at radius 2 is 1.90 bits per heavy atom. The quantitative estimate of drug-likeness (QED) is 0.387. The van der Waals surface area contributed by atoms with E-state index >= 15 is 0 Å². The van der Waals surface area contributed by atoms with E-state index in [4.69, 9.17) is 22.1 Å². The Labute approximate surface area is 255 Å². The number of aromatic nitrogens is 1. The third-order valence-corrected chi connectivity index (χ3v) is 6.31. The molecule has 1 saturated heterocycles. The van der Waals surface area contributed by atoms with E-state index in [1.54, 1.807) is 30.6 Å². The fourth-order valence-corrected chi connectivity index (χ4v) is 4.48. The number of carbonyl (C=O) groups is 2. The second-order valence-corrected chi connectivity index (χ2v) is 10.6. The van der Waals surface area contributed by atoms with Crippen LogP contribution in [0, 0.1) is 5.92 Å². The smallest absolute Gasteiger partial charge is 0.260 e. The van der Waals surface area contributed by atoms with Crippen LogP contribution in [0.15, 0.2) is 77.8 Å². The van der Waals surface area contributed by atoms with Crippen LogP contribution in [0.4, 0.5) is 0 Å². The number of aliphatic imine (C=N–C) groups is 1. The molecular weight excluding hydrogens is 550 g/mol. The van der Waals surface area contributed by atoms with Crippen LogP contribution in [0.2, 0.25) is 5.02 Å². The number of amidine groups is 1. The second-order valence-electron chi connectivity index (χ2n) is 10.2. The number of pyridine rings is 1. The van der Waals surface area contributed by atoms with Crippen molar-refractivity contribution in [2.45, 2.75) is 60.4 Å². The van der Waals surface area contributed by atoms with Crippen LogP contribution in [0.3, 0.4) is 0 Å². The summed E-state index contributed by atoms with van der Waals surface area (Å²) in [5.41, 5.74) is 8.81. The number of nitrogens with two attached hydrogens (primary N) is 1. The van der Waals surface area contributed by atoms with Crippen molar-refractivity contribution < 1.29 is 14.3 Å². The van der Waals surface area contributed by atoms with Gasteiger partial charge in [-0.25, -0.2) is 4.99 Å². The minimum atomic E-state index is -0.659. The van der Waals surface area contributed by atoms with Gasteiger partial charge in [0.1, 0.15) is 18.2 Å². The van der Waals surface area contributed by atoms with Crippen molar-refractivity contribution in [1.29, 1.82) is 0 Å². The molecule has 1 aromatic carbocycles. The number of nitrogens with one attached hydrogen (secondary N) is 1. The molecule has 9 heteroatoms. The van der Waals surface area contributed by atoms with Gasteiger partial charge >= 0.3 is 0 Å². The van der Waals surface area contributed by atoms with Crippen molar-refractivity contribution in [1.82, 2.24) is 15.2 Å². The van der Waals surface area contributed by atoms with Gasteiger partial charge in [-0.3, -0.25) is 19.5 Å². The third kappa shape index (κ3) is 9.96. The number of ether oxygens (including phenoxy) is 1. The Hall–Kier alpha value is -3.75. The molecular formula is C33H44ClN5O3. The second kappa shape index (κ2) is 17.3. The summed E-state index contributed by atoms with van der Waals surface area (Å²) in [6.07, 6.45) is 8.66. The predicted molar refractivity (Wildman–Crippen MR) is 173 cm³/mol. The lowest BCUT2D eigenvalue weighted by Crippen LogP contribution is -2.46. The van der Waals surface area contributed by atoms with Gasteiger partial charge in [-0.2, -0.15) is 0 Å². The van der Waals surface area contributed by atoms with Crippen molar-refractivity contribution >= 4 is 34.8 Å². The molecule has 0 saturated carbocycles. The number of halogens is 1. The van der Waals surface area contributed by atoms with Gasteiger partial charge in [0.2, 0.25) is 5.91 Å². The summed E-state index contributed by atoms with van der Waals surface area (Å²) in [6, 6.07) is 9.41. The number of nitrogens with zero attached hydrogens (tertiary/aromatic N) is 3. The molecule has 1 aromatic heterocycles. The molecule has 1 fully saturated rings. The SMILES string of the molecule is C=C(/N=C1\C(=C/C)C=C(c2ccc(-c3cccnc3)cc2Cl)C(=O)N1CC(N)=O)NC1CCOCC1.CC.CC(C)C. The Balaban J connectivity index is 0.000000947. The fraction of sp³-hybridized carbons (Fsp3) is 0.394. The number of allylic oxidation sites excluding steroid dienone is 1. The van der Waals surface area contributed by atoms with Gasteiger partial charge in [0.05, 0.1) is 0 Å². The first kappa shape index (κ1) is 34.5. The van der Waals surface area contributed by atoms with Crippen LogP contribution < -0.4 is 11.1 Å². The summed E-state index contributed by atoms with van der Waals surface area (Å²) in [6.45, 7) is 17.3. The van der Waals surface area contributed by atoms with Crippen molar-refractivity contribution in [3.05, 3.63) is 83.4 Å². The van der Waals surface area contributed by atoms with E-state index in [1.165, 1.54) is 4.90 Å². The van der Waals surface area contributed by atoms with Crippen molar-refractivity contribution in [3.63, 3.8) is 0 Å². The zero-order valence-electron chi connectivity index (χ0n) is 25.6. The standard InChI is InChI=1S/C27H28ClN5O3.C4H10.C2H6/c1-3-18-13-23(22-7-6-19(14-24(22)28)20-5-4-10-30-15-20)27(35)33(16-25(29)34)26(18)32-17(2)31-21-8-11-36-12-9-21;1-4(2)3;1-2/h3-7,10,13-15,21,31H,2,8-9,11-12,16H2,1H3,(H2,29,34);4H,1-3H3;1-2H3/b18-3-,32-26+;;. The van der Waals surface area contributed by atoms with Gasteiger partial charge in [-0.1, -0.05) is 77.1 Å². The largest absolute Gasteiger partial charge is 0.381 e. The van der Waals surface area contributed by atoms with E-state index < -0.39 is 11.8 Å². The number of primary amides is 1. The summed E-state index contributed by atoms with van der Waals surface area (Å²) in [7, 11) is 0. The highest BCUT2D eigenvalue weighted by atomic mass is 35.5. The molecule has 2 aliphatic heterocycles. The van der Waals surface area contributed by atoms with Gasteiger partial charge in [0.15, 0.2) is 0 Å². The van der Waals surface area contributed by atoms with Gasteiger partial charge in [-0.05, 0) is 49.5 Å². The third-order valence-electron chi connectivity index (χ3n) is 6.00. The highest BCUT2D eigenvalue weighted by Crippen LogP contribution is 2.34. The summed E-state index contributed by atoms with van der Waals surface area (Å²) >= 11 is 6.64. The van der Waals surface area contributed by atoms with E-state index in [0.29, 0.717) is 46.6 Å². The fourth-order valence-electron chi connectivity index (χ4n) is 4.20. The molecule has 42 heavy (non-hydrogen) atoms. The molecule has 8 nitrogen and oxygen atoms in total. The summed E-state index contributed by atoms with van der Waals surface area (Å²) in [5, 5.41) is 3.68. The molecule has 0 atom stereocenters. The molecule has 0 bridgehead atoms. The minimum absolute atomic E-state index is 0.178. The first-order chi connectivity index (χ1) is 20.1. The first-order valence-electron chi connectivity index (χ1n) is 14.4. The topological polar surface area (TPSA) is 110 Å².